The van der Waals surface area contributed by atoms with E-state index in [2.05, 4.69) is 5.16 Å². The lowest BCUT2D eigenvalue weighted by molar-refractivity contribution is -0.127. The predicted octanol–water partition coefficient (Wildman–Crippen LogP) is 3.76. The molecule has 0 bridgehead atoms. The quantitative estimate of drug-likeness (QED) is 0.637. The van der Waals surface area contributed by atoms with Crippen molar-refractivity contribution in [3.63, 3.8) is 0 Å². The number of rotatable bonds is 6. The maximum atomic E-state index is 13.8. The van der Waals surface area contributed by atoms with Crippen LogP contribution < -0.4 is 9.64 Å². The van der Waals surface area contributed by atoms with Crippen LogP contribution in [0.15, 0.2) is 47.0 Å². The van der Waals surface area contributed by atoms with Crippen molar-refractivity contribution in [2.75, 3.05) is 24.7 Å². The molecule has 0 radical (unpaired) electrons. The number of hydrogen-bond acceptors (Lipinski definition) is 5. The summed E-state index contributed by atoms with van der Waals surface area (Å²) in [6.45, 7) is 4.83. The first kappa shape index (κ1) is 19.0. The molecule has 0 N–H and O–H groups in total. The minimum absolute atomic E-state index is 0.0333. The van der Waals surface area contributed by atoms with Crippen molar-refractivity contribution in [3.05, 3.63) is 53.8 Å². The van der Waals surface area contributed by atoms with E-state index in [1.807, 2.05) is 43.3 Å². The lowest BCUT2D eigenvalue weighted by atomic mass is 10.0. The van der Waals surface area contributed by atoms with Crippen LogP contribution in [0.5, 0.6) is 5.75 Å². The van der Waals surface area contributed by atoms with E-state index >= 15 is 0 Å². The van der Waals surface area contributed by atoms with Gasteiger partial charge < -0.3 is 14.2 Å². The average Bonchev–Trinajstić information content (AvgIpc) is 3.33. The lowest BCUT2D eigenvalue weighted by Crippen LogP contribution is -2.42. The van der Waals surface area contributed by atoms with Crippen LogP contribution in [0.2, 0.25) is 0 Å². The van der Waals surface area contributed by atoms with E-state index in [0.717, 1.165) is 17.2 Å². The first-order valence-electron chi connectivity index (χ1n) is 9.76. The molecule has 1 saturated heterocycles. The molecule has 1 aliphatic rings. The minimum atomic E-state index is -0.279. The molecule has 1 aliphatic heterocycles. The Bertz CT molecular complexity index is 1060. The van der Waals surface area contributed by atoms with Gasteiger partial charge in [0.15, 0.2) is 5.82 Å². The van der Waals surface area contributed by atoms with Crippen LogP contribution in [0.1, 0.15) is 35.9 Å². The molecule has 2 heterocycles. The highest BCUT2D eigenvalue weighted by atomic mass is 16.5. The molecule has 7 nitrogen and oxygen atoms in total. The number of ether oxygens (including phenoxy) is 1. The van der Waals surface area contributed by atoms with E-state index in [0.29, 0.717) is 42.5 Å². The maximum Gasteiger partial charge on any atom is 0.265 e. The first-order valence-corrected chi connectivity index (χ1v) is 9.76. The van der Waals surface area contributed by atoms with E-state index in [9.17, 15) is 9.59 Å². The third-order valence-corrected chi connectivity index (χ3v) is 5.03. The van der Waals surface area contributed by atoms with Crippen LogP contribution in [-0.2, 0) is 4.79 Å². The molecule has 0 unspecified atom stereocenters. The van der Waals surface area contributed by atoms with E-state index in [4.69, 9.17) is 9.26 Å². The topological polar surface area (TPSA) is 75.9 Å². The van der Waals surface area contributed by atoms with Crippen molar-refractivity contribution in [1.82, 2.24) is 10.1 Å². The fourth-order valence-corrected chi connectivity index (χ4v) is 3.63. The highest BCUT2D eigenvalue weighted by Gasteiger charge is 2.30. The monoisotopic (exact) mass is 393 g/mol. The van der Waals surface area contributed by atoms with Gasteiger partial charge in [0, 0.05) is 19.0 Å². The number of anilines is 1. The van der Waals surface area contributed by atoms with Gasteiger partial charge in [0.1, 0.15) is 18.2 Å². The number of fused-ring (bicyclic) bond motifs is 1. The Hall–Kier alpha value is -3.35. The molecule has 2 amide bonds. The number of aromatic nitrogens is 1. The number of carbonyl (C=O) groups is 2. The summed E-state index contributed by atoms with van der Waals surface area (Å²) in [5.74, 6) is 1.23. The van der Waals surface area contributed by atoms with E-state index < -0.39 is 0 Å². The molecule has 1 fully saturated rings. The molecule has 2 aromatic carbocycles. The lowest BCUT2D eigenvalue weighted by Gasteiger charge is -2.27. The molecule has 0 atom stereocenters. The average molecular weight is 393 g/mol. The van der Waals surface area contributed by atoms with Gasteiger partial charge in [-0.2, -0.15) is 0 Å². The summed E-state index contributed by atoms with van der Waals surface area (Å²) in [6.07, 6.45) is 1.29. The summed E-state index contributed by atoms with van der Waals surface area (Å²) < 4.78 is 11.0. The van der Waals surface area contributed by atoms with Gasteiger partial charge >= 0.3 is 0 Å². The van der Waals surface area contributed by atoms with Crippen molar-refractivity contribution < 1.29 is 18.8 Å². The Morgan fingerprint density at radius 1 is 1.28 bits per heavy atom. The van der Waals surface area contributed by atoms with Crippen molar-refractivity contribution in [2.24, 2.45) is 0 Å². The number of aryl methyl sites for hydroxylation is 1. The zero-order valence-electron chi connectivity index (χ0n) is 16.6. The van der Waals surface area contributed by atoms with Crippen molar-refractivity contribution in [2.45, 2.75) is 26.7 Å². The molecule has 150 valence electrons. The van der Waals surface area contributed by atoms with Crippen molar-refractivity contribution in [1.29, 1.82) is 0 Å². The molecule has 1 aromatic heterocycles. The second-order valence-electron chi connectivity index (χ2n) is 7.02. The van der Waals surface area contributed by atoms with Gasteiger partial charge in [0.25, 0.3) is 5.91 Å². The van der Waals surface area contributed by atoms with Gasteiger partial charge in [-0.25, -0.2) is 0 Å². The van der Waals surface area contributed by atoms with Gasteiger partial charge in [-0.15, -0.1) is 0 Å². The predicted molar refractivity (Wildman–Crippen MR) is 109 cm³/mol. The molecule has 0 aliphatic carbocycles. The standard InChI is InChI=1S/C22H23N3O4/c1-3-28-18-11-10-16-7-4-5-8-17(16)21(18)22(27)25(19-13-15(2)29-23-19)14-24-12-6-9-20(24)26/h4-5,7-8,10-11,13H,3,6,9,12,14H2,1-2H3. The Labute approximate surface area is 168 Å². The summed E-state index contributed by atoms with van der Waals surface area (Å²) in [6, 6.07) is 13.1. The van der Waals surface area contributed by atoms with Crippen LogP contribution in [0.4, 0.5) is 5.82 Å². The van der Waals surface area contributed by atoms with Crippen molar-refractivity contribution in [3.8, 4) is 5.75 Å². The van der Waals surface area contributed by atoms with Crippen LogP contribution in [-0.4, -0.2) is 41.7 Å². The summed E-state index contributed by atoms with van der Waals surface area (Å²) in [4.78, 5) is 29.2. The number of likely N-dealkylation sites (tertiary alicyclic amines) is 1. The number of benzene rings is 2. The number of hydrogen-bond donors (Lipinski definition) is 0. The van der Waals surface area contributed by atoms with Gasteiger partial charge in [-0.3, -0.25) is 14.5 Å². The molecule has 0 spiro atoms. The maximum absolute atomic E-state index is 13.8. The normalized spacial score (nSPS) is 13.9. The summed E-state index contributed by atoms with van der Waals surface area (Å²) in [5.41, 5.74) is 0.456. The number of nitrogens with zero attached hydrogens (tertiary/aromatic N) is 3. The molecule has 4 rings (SSSR count). The SMILES string of the molecule is CCOc1ccc2ccccc2c1C(=O)N(CN1CCCC1=O)c1cc(C)on1. The zero-order chi connectivity index (χ0) is 20.4. The van der Waals surface area contributed by atoms with E-state index in [-0.39, 0.29) is 18.5 Å². The Morgan fingerprint density at radius 2 is 2.10 bits per heavy atom. The van der Waals surface area contributed by atoms with Crippen LogP contribution in [0.25, 0.3) is 10.8 Å². The largest absolute Gasteiger partial charge is 0.493 e. The second-order valence-corrected chi connectivity index (χ2v) is 7.02. The molecular formula is C22H23N3O4. The number of carbonyl (C=O) groups excluding carboxylic acids is 2. The zero-order valence-corrected chi connectivity index (χ0v) is 16.6. The fourth-order valence-electron chi connectivity index (χ4n) is 3.63. The van der Waals surface area contributed by atoms with E-state index in [1.54, 1.807) is 17.9 Å². The van der Waals surface area contributed by atoms with Gasteiger partial charge in [0.2, 0.25) is 5.91 Å². The highest BCUT2D eigenvalue weighted by molar-refractivity contribution is 6.16. The third kappa shape index (κ3) is 3.68. The Morgan fingerprint density at radius 3 is 2.79 bits per heavy atom. The van der Waals surface area contributed by atoms with Gasteiger partial charge in [-0.05, 0) is 37.1 Å². The van der Waals surface area contributed by atoms with Gasteiger partial charge in [-0.1, -0.05) is 35.5 Å². The Balaban J connectivity index is 1.81. The molecule has 29 heavy (non-hydrogen) atoms. The Kier molecular flexibility index (Phi) is 5.20. The van der Waals surface area contributed by atoms with E-state index in [1.165, 1.54) is 4.90 Å². The van der Waals surface area contributed by atoms with Crippen LogP contribution >= 0.6 is 0 Å². The van der Waals surface area contributed by atoms with Gasteiger partial charge in [0.05, 0.1) is 12.2 Å². The molecular weight excluding hydrogens is 370 g/mol. The summed E-state index contributed by atoms with van der Waals surface area (Å²) in [5, 5.41) is 5.77. The molecule has 0 saturated carbocycles. The number of amides is 2. The summed E-state index contributed by atoms with van der Waals surface area (Å²) >= 11 is 0. The fraction of sp³-hybridized carbons (Fsp3) is 0.318. The van der Waals surface area contributed by atoms with Crippen molar-refractivity contribution >= 4 is 28.4 Å². The van der Waals surface area contributed by atoms with Crippen LogP contribution in [0.3, 0.4) is 0 Å². The first-order chi connectivity index (χ1) is 14.1. The summed E-state index contributed by atoms with van der Waals surface area (Å²) in [7, 11) is 0. The van der Waals surface area contributed by atoms with Crippen LogP contribution in [0, 0.1) is 6.92 Å². The molecule has 3 aromatic rings. The third-order valence-electron chi connectivity index (χ3n) is 5.03. The minimum Gasteiger partial charge on any atom is -0.493 e. The second kappa shape index (κ2) is 7.95. The smallest absolute Gasteiger partial charge is 0.265 e. The highest BCUT2D eigenvalue weighted by Crippen LogP contribution is 2.31. The molecule has 7 heteroatoms.